The van der Waals surface area contributed by atoms with Crippen molar-refractivity contribution >= 4 is 12.0 Å². The van der Waals surface area contributed by atoms with Gasteiger partial charge >= 0.3 is 0 Å². The molecule has 0 unspecified atom stereocenters. The highest BCUT2D eigenvalue weighted by atomic mass is 16.5. The normalized spacial score (nSPS) is 10.4. The van der Waals surface area contributed by atoms with Crippen molar-refractivity contribution in [2.24, 2.45) is 5.73 Å². The van der Waals surface area contributed by atoms with Crippen LogP contribution in [0.25, 0.3) is 6.08 Å². The molecule has 0 fully saturated rings. The van der Waals surface area contributed by atoms with Crippen molar-refractivity contribution in [2.75, 3.05) is 13.8 Å². The van der Waals surface area contributed by atoms with Crippen molar-refractivity contribution in [3.63, 3.8) is 0 Å². The van der Waals surface area contributed by atoms with Gasteiger partial charge in [-0.1, -0.05) is 12.1 Å². The number of amides is 1. The molecule has 0 saturated carbocycles. The summed E-state index contributed by atoms with van der Waals surface area (Å²) in [5.41, 5.74) is 11.0. The summed E-state index contributed by atoms with van der Waals surface area (Å²) in [4.78, 5) is 11.2. The number of methoxy groups -OCH3 is 1. The first-order valence-electron chi connectivity index (χ1n) is 4.81. The van der Waals surface area contributed by atoms with Crippen LogP contribution in [-0.4, -0.2) is 19.7 Å². The van der Waals surface area contributed by atoms with Crippen LogP contribution in [0.5, 0.6) is 5.75 Å². The van der Waals surface area contributed by atoms with E-state index in [-0.39, 0.29) is 12.6 Å². The third-order valence-electron chi connectivity index (χ3n) is 1.86. The Kier molecular flexibility index (Phi) is 5.04. The number of rotatable bonds is 5. The molecule has 0 atom stereocenters. The van der Waals surface area contributed by atoms with Gasteiger partial charge in [0.1, 0.15) is 5.75 Å². The fourth-order valence-electron chi connectivity index (χ4n) is 1.07. The van der Waals surface area contributed by atoms with Crippen molar-refractivity contribution in [3.05, 3.63) is 35.9 Å². The summed E-state index contributed by atoms with van der Waals surface area (Å²) in [6.45, 7) is 0.197. The smallest absolute Gasteiger partial charge is 0.258 e. The molecule has 0 radical (unpaired) electrons. The maximum Gasteiger partial charge on any atom is 0.258 e. The zero-order valence-corrected chi connectivity index (χ0v) is 9.07. The lowest BCUT2D eigenvalue weighted by molar-refractivity contribution is -0.117. The summed E-state index contributed by atoms with van der Waals surface area (Å²) < 4.78 is 5.02. The fourth-order valence-corrected chi connectivity index (χ4v) is 1.07. The predicted molar refractivity (Wildman–Crippen MR) is 62.4 cm³/mol. The number of nitrogens with one attached hydrogen (secondary N) is 2. The molecule has 0 saturated heterocycles. The van der Waals surface area contributed by atoms with Crippen LogP contribution >= 0.6 is 0 Å². The largest absolute Gasteiger partial charge is 0.497 e. The van der Waals surface area contributed by atoms with Crippen LogP contribution in [-0.2, 0) is 4.79 Å². The average Bonchev–Trinajstić information content (AvgIpc) is 2.34. The molecule has 5 heteroatoms. The molecule has 1 amide bonds. The van der Waals surface area contributed by atoms with Gasteiger partial charge in [-0.05, 0) is 23.8 Å². The Morgan fingerprint density at radius 3 is 2.69 bits per heavy atom. The summed E-state index contributed by atoms with van der Waals surface area (Å²) in [6, 6.07) is 7.38. The minimum Gasteiger partial charge on any atom is -0.497 e. The van der Waals surface area contributed by atoms with Gasteiger partial charge in [0.2, 0.25) is 0 Å². The van der Waals surface area contributed by atoms with Crippen LogP contribution in [0.3, 0.4) is 0 Å². The molecular formula is C11H15N3O2. The number of ether oxygens (including phenoxy) is 1. The third-order valence-corrected chi connectivity index (χ3v) is 1.86. The van der Waals surface area contributed by atoms with E-state index in [9.17, 15) is 4.79 Å². The van der Waals surface area contributed by atoms with Gasteiger partial charge in [0.05, 0.1) is 13.8 Å². The van der Waals surface area contributed by atoms with E-state index in [0.29, 0.717) is 0 Å². The van der Waals surface area contributed by atoms with Crippen LogP contribution in [0.1, 0.15) is 5.56 Å². The van der Waals surface area contributed by atoms with Gasteiger partial charge in [0, 0.05) is 6.08 Å². The second-order valence-corrected chi connectivity index (χ2v) is 2.98. The lowest BCUT2D eigenvalue weighted by atomic mass is 10.2. The first-order valence-corrected chi connectivity index (χ1v) is 4.81. The highest BCUT2D eigenvalue weighted by Gasteiger charge is 1.93. The third kappa shape index (κ3) is 4.12. The molecule has 1 rings (SSSR count). The topological polar surface area (TPSA) is 76.4 Å². The van der Waals surface area contributed by atoms with Crippen LogP contribution in [0.4, 0.5) is 0 Å². The van der Waals surface area contributed by atoms with E-state index < -0.39 is 0 Å². The molecule has 0 aliphatic carbocycles. The highest BCUT2D eigenvalue weighted by molar-refractivity contribution is 5.91. The molecule has 4 N–H and O–H groups in total. The highest BCUT2D eigenvalue weighted by Crippen LogP contribution is 2.11. The van der Waals surface area contributed by atoms with Gasteiger partial charge in [-0.3, -0.25) is 10.2 Å². The molecule has 0 aliphatic heterocycles. The monoisotopic (exact) mass is 221 g/mol. The summed E-state index contributed by atoms with van der Waals surface area (Å²) in [7, 11) is 1.61. The average molecular weight is 221 g/mol. The molecule has 86 valence electrons. The molecule has 0 aromatic heterocycles. The van der Waals surface area contributed by atoms with Crippen molar-refractivity contribution in [2.45, 2.75) is 0 Å². The maximum atomic E-state index is 11.2. The SMILES string of the molecule is COc1ccc(/C=C/C(=O)NNCN)cc1. The van der Waals surface area contributed by atoms with E-state index in [1.165, 1.54) is 6.08 Å². The van der Waals surface area contributed by atoms with E-state index in [1.54, 1.807) is 13.2 Å². The number of hydrazine groups is 1. The molecular weight excluding hydrogens is 206 g/mol. The number of benzene rings is 1. The minimum absolute atomic E-state index is 0.197. The van der Waals surface area contributed by atoms with Crippen LogP contribution in [0.2, 0.25) is 0 Å². The van der Waals surface area contributed by atoms with Crippen molar-refractivity contribution in [1.82, 2.24) is 10.9 Å². The molecule has 1 aromatic rings. The zero-order valence-electron chi connectivity index (χ0n) is 9.07. The molecule has 0 aliphatic rings. The molecule has 0 heterocycles. The maximum absolute atomic E-state index is 11.2. The van der Waals surface area contributed by atoms with Crippen molar-refractivity contribution < 1.29 is 9.53 Å². The van der Waals surface area contributed by atoms with Gasteiger partial charge < -0.3 is 10.5 Å². The van der Waals surface area contributed by atoms with Gasteiger partial charge in [0.25, 0.3) is 5.91 Å². The first-order chi connectivity index (χ1) is 7.76. The van der Waals surface area contributed by atoms with Crippen LogP contribution in [0, 0.1) is 0 Å². The molecule has 16 heavy (non-hydrogen) atoms. The summed E-state index contributed by atoms with van der Waals surface area (Å²) in [6.07, 6.45) is 3.12. The van der Waals surface area contributed by atoms with Gasteiger partial charge in [-0.2, -0.15) is 0 Å². The molecule has 0 bridgehead atoms. The van der Waals surface area contributed by atoms with E-state index in [0.717, 1.165) is 11.3 Å². The van der Waals surface area contributed by atoms with E-state index >= 15 is 0 Å². The number of carbonyl (C=O) groups is 1. The first kappa shape index (κ1) is 12.2. The number of hydrogen-bond acceptors (Lipinski definition) is 4. The Labute approximate surface area is 94.3 Å². The Hall–Kier alpha value is -1.85. The van der Waals surface area contributed by atoms with Crippen molar-refractivity contribution in [1.29, 1.82) is 0 Å². The minimum atomic E-state index is -0.249. The van der Waals surface area contributed by atoms with Crippen molar-refractivity contribution in [3.8, 4) is 5.75 Å². The standard InChI is InChI=1S/C11H15N3O2/c1-16-10-5-2-9(3-6-10)4-7-11(15)14-13-8-12/h2-7,13H,8,12H2,1H3,(H,14,15)/b7-4+. The Balaban J connectivity index is 2.52. The lowest BCUT2D eigenvalue weighted by Crippen LogP contribution is -2.39. The molecule has 0 spiro atoms. The second kappa shape index (κ2) is 6.60. The Morgan fingerprint density at radius 2 is 2.12 bits per heavy atom. The van der Waals surface area contributed by atoms with Crippen LogP contribution < -0.4 is 21.3 Å². The fraction of sp³-hybridized carbons (Fsp3) is 0.182. The van der Waals surface area contributed by atoms with E-state index in [4.69, 9.17) is 10.5 Å². The predicted octanol–water partition coefficient (Wildman–Crippen LogP) is 0.245. The Morgan fingerprint density at radius 1 is 1.44 bits per heavy atom. The van der Waals surface area contributed by atoms with E-state index in [2.05, 4.69) is 10.9 Å². The van der Waals surface area contributed by atoms with Gasteiger partial charge in [0.15, 0.2) is 0 Å². The molecule has 1 aromatic carbocycles. The quantitative estimate of drug-likeness (QED) is 0.378. The summed E-state index contributed by atoms with van der Waals surface area (Å²) >= 11 is 0. The Bertz CT molecular complexity index is 360. The zero-order chi connectivity index (χ0) is 11.8. The number of carbonyl (C=O) groups excluding carboxylic acids is 1. The van der Waals surface area contributed by atoms with E-state index in [1.807, 2.05) is 24.3 Å². The lowest BCUT2D eigenvalue weighted by Gasteiger charge is -2.00. The summed E-state index contributed by atoms with van der Waals surface area (Å²) in [5, 5.41) is 0. The van der Waals surface area contributed by atoms with Gasteiger partial charge in [-0.15, -0.1) is 0 Å². The van der Waals surface area contributed by atoms with Gasteiger partial charge in [-0.25, -0.2) is 5.43 Å². The second-order valence-electron chi connectivity index (χ2n) is 2.98. The summed E-state index contributed by atoms with van der Waals surface area (Å²) in [5.74, 6) is 0.535. The number of nitrogens with two attached hydrogens (primary N) is 1. The van der Waals surface area contributed by atoms with Crippen LogP contribution in [0.15, 0.2) is 30.3 Å². The number of hydrogen-bond donors (Lipinski definition) is 3. The molecule has 5 nitrogen and oxygen atoms in total.